The summed E-state index contributed by atoms with van der Waals surface area (Å²) >= 11 is 0. The molecule has 2 aromatic rings. The van der Waals surface area contributed by atoms with E-state index < -0.39 is 10.0 Å². The van der Waals surface area contributed by atoms with Crippen LogP contribution in [0.15, 0.2) is 53.4 Å². The molecule has 1 amide bonds. The number of hydrogen-bond acceptors (Lipinski definition) is 5. The van der Waals surface area contributed by atoms with Crippen LogP contribution in [0.2, 0.25) is 0 Å². The van der Waals surface area contributed by atoms with Gasteiger partial charge in [-0.15, -0.1) is 0 Å². The Labute approximate surface area is 202 Å². The molecule has 7 nitrogen and oxygen atoms in total. The SMILES string of the molecule is CC1CCCCN1Cc1ccccc1CNC(=O)c1ccc(S(=O)(=O)NCC2CCCO2)cc1. The molecule has 184 valence electrons. The molecular formula is C26H35N3O4S. The maximum absolute atomic E-state index is 12.7. The summed E-state index contributed by atoms with van der Waals surface area (Å²) in [5, 5.41) is 2.99. The first kappa shape index (κ1) is 24.9. The third-order valence-electron chi connectivity index (χ3n) is 6.82. The molecule has 0 spiro atoms. The number of piperidine rings is 1. The van der Waals surface area contributed by atoms with Crippen LogP contribution in [0.3, 0.4) is 0 Å². The molecule has 2 heterocycles. The molecule has 0 bridgehead atoms. The van der Waals surface area contributed by atoms with Gasteiger partial charge < -0.3 is 10.1 Å². The molecule has 0 aromatic heterocycles. The molecule has 2 aliphatic heterocycles. The largest absolute Gasteiger partial charge is 0.377 e. The van der Waals surface area contributed by atoms with E-state index in [2.05, 4.69) is 34.0 Å². The summed E-state index contributed by atoms with van der Waals surface area (Å²) in [4.78, 5) is 15.4. The molecule has 0 aliphatic carbocycles. The molecular weight excluding hydrogens is 450 g/mol. The van der Waals surface area contributed by atoms with E-state index in [9.17, 15) is 13.2 Å². The predicted octanol–water partition coefficient (Wildman–Crippen LogP) is 3.45. The number of nitrogens with one attached hydrogen (secondary N) is 2. The summed E-state index contributed by atoms with van der Waals surface area (Å²) in [6, 6.07) is 14.8. The first-order chi connectivity index (χ1) is 16.4. The summed E-state index contributed by atoms with van der Waals surface area (Å²) in [6.45, 7) is 5.65. The number of carbonyl (C=O) groups excluding carboxylic acids is 1. The first-order valence-electron chi connectivity index (χ1n) is 12.2. The van der Waals surface area contributed by atoms with Gasteiger partial charge in [-0.2, -0.15) is 0 Å². The van der Waals surface area contributed by atoms with Crippen molar-refractivity contribution < 1.29 is 17.9 Å². The number of ether oxygens (including phenoxy) is 1. The average molecular weight is 486 g/mol. The second-order valence-electron chi connectivity index (χ2n) is 9.28. The molecule has 2 unspecified atom stereocenters. The van der Waals surface area contributed by atoms with E-state index in [0.717, 1.165) is 31.5 Å². The standard InChI is InChI=1S/C26H35N3O4S/c1-20-7-4-5-15-29(20)19-23-9-3-2-8-22(23)17-27-26(30)21-11-13-25(14-12-21)34(31,32)28-18-24-10-6-16-33-24/h2-3,8-9,11-14,20,24,28H,4-7,10,15-19H2,1H3,(H,27,30). The Bertz CT molecular complexity index is 1070. The van der Waals surface area contributed by atoms with Crippen LogP contribution < -0.4 is 10.0 Å². The van der Waals surface area contributed by atoms with Crippen molar-refractivity contribution in [2.75, 3.05) is 19.7 Å². The zero-order valence-electron chi connectivity index (χ0n) is 19.8. The van der Waals surface area contributed by atoms with Gasteiger partial charge >= 0.3 is 0 Å². The van der Waals surface area contributed by atoms with Gasteiger partial charge in [-0.3, -0.25) is 9.69 Å². The molecule has 0 saturated carbocycles. The number of nitrogens with zero attached hydrogens (tertiary/aromatic N) is 1. The van der Waals surface area contributed by atoms with Gasteiger partial charge in [0.25, 0.3) is 5.91 Å². The molecule has 2 aromatic carbocycles. The number of benzene rings is 2. The molecule has 8 heteroatoms. The summed E-state index contributed by atoms with van der Waals surface area (Å²) in [5.74, 6) is -0.225. The summed E-state index contributed by atoms with van der Waals surface area (Å²) in [6.07, 6.45) is 5.51. The van der Waals surface area contributed by atoms with E-state index in [1.165, 1.54) is 37.0 Å². The van der Waals surface area contributed by atoms with Crippen LogP contribution in [0.5, 0.6) is 0 Å². The predicted molar refractivity (Wildman–Crippen MR) is 132 cm³/mol. The van der Waals surface area contributed by atoms with Crippen LogP contribution in [-0.2, 0) is 27.8 Å². The van der Waals surface area contributed by atoms with Crippen molar-refractivity contribution >= 4 is 15.9 Å². The van der Waals surface area contributed by atoms with Gasteiger partial charge in [0, 0.05) is 37.8 Å². The van der Waals surface area contributed by atoms with Crippen molar-refractivity contribution in [3.63, 3.8) is 0 Å². The van der Waals surface area contributed by atoms with E-state index in [4.69, 9.17) is 4.74 Å². The highest BCUT2D eigenvalue weighted by atomic mass is 32.2. The van der Waals surface area contributed by atoms with Crippen LogP contribution in [0.1, 0.15) is 60.5 Å². The van der Waals surface area contributed by atoms with E-state index in [0.29, 0.717) is 24.8 Å². The smallest absolute Gasteiger partial charge is 0.251 e. The van der Waals surface area contributed by atoms with Crippen molar-refractivity contribution in [1.82, 2.24) is 14.9 Å². The molecule has 2 N–H and O–H groups in total. The second-order valence-corrected chi connectivity index (χ2v) is 11.0. The van der Waals surface area contributed by atoms with Crippen LogP contribution >= 0.6 is 0 Å². The zero-order valence-corrected chi connectivity index (χ0v) is 20.6. The fourth-order valence-corrected chi connectivity index (χ4v) is 5.72. The van der Waals surface area contributed by atoms with Crippen LogP contribution in [0, 0.1) is 0 Å². The molecule has 4 rings (SSSR count). The van der Waals surface area contributed by atoms with E-state index in [-0.39, 0.29) is 23.5 Å². The molecule has 2 aliphatic rings. The van der Waals surface area contributed by atoms with Crippen molar-refractivity contribution in [2.45, 2.75) is 69.2 Å². The number of likely N-dealkylation sites (tertiary alicyclic amines) is 1. The average Bonchev–Trinajstić information content (AvgIpc) is 3.37. The van der Waals surface area contributed by atoms with Crippen LogP contribution in [0.25, 0.3) is 0 Å². The maximum atomic E-state index is 12.7. The second kappa shape index (κ2) is 11.4. The number of sulfonamides is 1. The fraction of sp³-hybridized carbons (Fsp3) is 0.500. The van der Waals surface area contributed by atoms with Gasteiger partial charge in [0.2, 0.25) is 10.0 Å². The lowest BCUT2D eigenvalue weighted by Crippen LogP contribution is -2.37. The van der Waals surface area contributed by atoms with Gasteiger partial charge in [-0.05, 0) is 74.5 Å². The van der Waals surface area contributed by atoms with Crippen LogP contribution in [-0.4, -0.2) is 51.1 Å². The highest BCUT2D eigenvalue weighted by molar-refractivity contribution is 7.89. The summed E-state index contributed by atoms with van der Waals surface area (Å²) in [7, 11) is -3.64. The lowest BCUT2D eigenvalue weighted by atomic mass is 10.0. The number of rotatable bonds is 9. The van der Waals surface area contributed by atoms with E-state index in [1.807, 2.05) is 12.1 Å². The Morgan fingerprint density at radius 1 is 1.03 bits per heavy atom. The lowest BCUT2D eigenvalue weighted by Gasteiger charge is -2.33. The van der Waals surface area contributed by atoms with Crippen molar-refractivity contribution in [3.05, 3.63) is 65.2 Å². The monoisotopic (exact) mass is 485 g/mol. The Kier molecular flexibility index (Phi) is 8.37. The number of amides is 1. The van der Waals surface area contributed by atoms with E-state index in [1.54, 1.807) is 12.1 Å². The van der Waals surface area contributed by atoms with Gasteiger partial charge in [-0.25, -0.2) is 13.1 Å². The Morgan fingerprint density at radius 2 is 1.79 bits per heavy atom. The summed E-state index contributed by atoms with van der Waals surface area (Å²) < 4.78 is 33.1. The Morgan fingerprint density at radius 3 is 2.50 bits per heavy atom. The van der Waals surface area contributed by atoms with Gasteiger partial charge in [0.15, 0.2) is 0 Å². The minimum atomic E-state index is -3.64. The Hall–Kier alpha value is -2.26. The van der Waals surface area contributed by atoms with Crippen molar-refractivity contribution in [1.29, 1.82) is 0 Å². The van der Waals surface area contributed by atoms with Crippen molar-refractivity contribution in [3.8, 4) is 0 Å². The first-order valence-corrected chi connectivity index (χ1v) is 13.7. The van der Waals surface area contributed by atoms with Gasteiger partial charge in [0.05, 0.1) is 11.0 Å². The molecule has 2 fully saturated rings. The van der Waals surface area contributed by atoms with E-state index >= 15 is 0 Å². The minimum absolute atomic E-state index is 0.0687. The normalized spacial score (nSPS) is 21.4. The number of hydrogen-bond donors (Lipinski definition) is 2. The molecule has 0 radical (unpaired) electrons. The summed E-state index contributed by atoms with van der Waals surface area (Å²) in [5.41, 5.74) is 2.77. The van der Waals surface area contributed by atoms with Gasteiger partial charge in [0.1, 0.15) is 0 Å². The zero-order chi connectivity index (χ0) is 24.0. The van der Waals surface area contributed by atoms with Crippen LogP contribution in [0.4, 0.5) is 0 Å². The number of carbonyl (C=O) groups is 1. The molecule has 2 saturated heterocycles. The highest BCUT2D eigenvalue weighted by Gasteiger charge is 2.21. The highest BCUT2D eigenvalue weighted by Crippen LogP contribution is 2.21. The molecule has 34 heavy (non-hydrogen) atoms. The molecule has 2 atom stereocenters. The fourth-order valence-electron chi connectivity index (χ4n) is 4.65. The maximum Gasteiger partial charge on any atom is 0.251 e. The third kappa shape index (κ3) is 6.44. The Balaban J connectivity index is 1.33. The topological polar surface area (TPSA) is 87.7 Å². The van der Waals surface area contributed by atoms with Gasteiger partial charge in [-0.1, -0.05) is 30.7 Å². The third-order valence-corrected chi connectivity index (χ3v) is 8.26. The minimum Gasteiger partial charge on any atom is -0.377 e. The lowest BCUT2D eigenvalue weighted by molar-refractivity contribution is 0.0950. The van der Waals surface area contributed by atoms with Crippen molar-refractivity contribution in [2.24, 2.45) is 0 Å². The quantitative estimate of drug-likeness (QED) is 0.568.